The lowest BCUT2D eigenvalue weighted by Gasteiger charge is -2.28. The molecule has 16 heavy (non-hydrogen) atoms. The van der Waals surface area contributed by atoms with E-state index in [9.17, 15) is 4.79 Å². The van der Waals surface area contributed by atoms with E-state index in [-0.39, 0.29) is 11.2 Å². The molecule has 0 aliphatic heterocycles. The quantitative estimate of drug-likeness (QED) is 0.673. The van der Waals surface area contributed by atoms with Crippen LogP contribution in [0.2, 0.25) is 0 Å². The smallest absolute Gasteiger partial charge is 0.134 e. The van der Waals surface area contributed by atoms with Crippen molar-refractivity contribution in [3.05, 3.63) is 0 Å². The molecule has 4 unspecified atom stereocenters. The van der Waals surface area contributed by atoms with Crippen LogP contribution >= 0.6 is 12.6 Å². The van der Waals surface area contributed by atoms with Gasteiger partial charge in [-0.15, -0.1) is 0 Å². The van der Waals surface area contributed by atoms with Crippen LogP contribution in [-0.4, -0.2) is 24.1 Å². The zero-order chi connectivity index (χ0) is 12.3. The highest BCUT2D eigenvalue weighted by Gasteiger charge is 2.39. The van der Waals surface area contributed by atoms with Crippen LogP contribution in [0.4, 0.5) is 0 Å². The first-order valence-corrected chi connectivity index (χ1v) is 6.84. The SMILES string of the molecule is CNC(C)CC(C)C(S)C(C(C)=O)C1CC1. The Hall–Kier alpha value is -0.0200. The number of nitrogens with one attached hydrogen (secondary N) is 1. The summed E-state index contributed by atoms with van der Waals surface area (Å²) in [7, 11) is 1.98. The van der Waals surface area contributed by atoms with Crippen molar-refractivity contribution in [1.29, 1.82) is 0 Å². The van der Waals surface area contributed by atoms with Crippen LogP contribution in [-0.2, 0) is 4.79 Å². The minimum Gasteiger partial charge on any atom is -0.317 e. The number of hydrogen-bond acceptors (Lipinski definition) is 3. The van der Waals surface area contributed by atoms with Crippen LogP contribution in [0.3, 0.4) is 0 Å². The number of Topliss-reactive ketones (excluding diaryl/α,β-unsaturated/α-hetero) is 1. The maximum Gasteiger partial charge on any atom is 0.134 e. The highest BCUT2D eigenvalue weighted by atomic mass is 32.1. The molecule has 0 heterocycles. The van der Waals surface area contributed by atoms with E-state index in [4.69, 9.17) is 12.6 Å². The molecule has 0 aromatic rings. The van der Waals surface area contributed by atoms with Gasteiger partial charge in [0.15, 0.2) is 0 Å². The Bertz CT molecular complexity index is 240. The fourth-order valence-electron chi connectivity index (χ4n) is 2.48. The van der Waals surface area contributed by atoms with E-state index in [1.165, 1.54) is 12.8 Å². The molecule has 4 atom stereocenters. The summed E-state index contributed by atoms with van der Waals surface area (Å²) in [6, 6.07) is 0.497. The topological polar surface area (TPSA) is 29.1 Å². The number of thiol groups is 1. The Kier molecular flexibility index (Phi) is 5.32. The van der Waals surface area contributed by atoms with Crippen molar-refractivity contribution in [3.63, 3.8) is 0 Å². The molecular weight excluding hydrogens is 218 g/mol. The second-order valence-electron chi connectivity index (χ2n) is 5.37. The van der Waals surface area contributed by atoms with Gasteiger partial charge in [-0.2, -0.15) is 12.6 Å². The Morgan fingerprint density at radius 2 is 2.00 bits per heavy atom. The number of carbonyl (C=O) groups is 1. The van der Waals surface area contributed by atoms with Crippen molar-refractivity contribution in [1.82, 2.24) is 5.32 Å². The van der Waals surface area contributed by atoms with Gasteiger partial charge in [-0.3, -0.25) is 4.79 Å². The molecule has 1 fully saturated rings. The summed E-state index contributed by atoms with van der Waals surface area (Å²) in [5.74, 6) is 1.61. The lowest BCUT2D eigenvalue weighted by molar-refractivity contribution is -0.121. The number of rotatable bonds is 7. The van der Waals surface area contributed by atoms with Gasteiger partial charge in [0.2, 0.25) is 0 Å². The van der Waals surface area contributed by atoms with Gasteiger partial charge >= 0.3 is 0 Å². The molecule has 0 amide bonds. The van der Waals surface area contributed by atoms with Gasteiger partial charge in [-0.1, -0.05) is 6.92 Å². The van der Waals surface area contributed by atoms with Crippen LogP contribution in [0.5, 0.6) is 0 Å². The van der Waals surface area contributed by atoms with Gasteiger partial charge in [-0.25, -0.2) is 0 Å². The number of ketones is 1. The maximum atomic E-state index is 11.7. The molecule has 0 spiro atoms. The summed E-state index contributed by atoms with van der Waals surface area (Å²) in [6.45, 7) is 6.11. The van der Waals surface area contributed by atoms with Crippen molar-refractivity contribution < 1.29 is 4.79 Å². The van der Waals surface area contributed by atoms with Crippen molar-refractivity contribution in [2.75, 3.05) is 7.05 Å². The van der Waals surface area contributed by atoms with Crippen molar-refractivity contribution in [3.8, 4) is 0 Å². The zero-order valence-corrected chi connectivity index (χ0v) is 11.8. The lowest BCUT2D eigenvalue weighted by Crippen LogP contribution is -2.33. The van der Waals surface area contributed by atoms with E-state index in [2.05, 4.69) is 19.2 Å². The predicted octanol–water partition coefficient (Wildman–Crippen LogP) is 2.53. The van der Waals surface area contributed by atoms with Gasteiger partial charge in [0.1, 0.15) is 5.78 Å². The van der Waals surface area contributed by atoms with Gasteiger partial charge in [0.25, 0.3) is 0 Å². The summed E-state index contributed by atoms with van der Waals surface area (Å²) < 4.78 is 0. The Morgan fingerprint density at radius 3 is 2.38 bits per heavy atom. The fourth-order valence-corrected chi connectivity index (χ4v) is 3.05. The monoisotopic (exact) mass is 243 g/mol. The molecular formula is C13H25NOS. The molecule has 0 aromatic heterocycles. The molecule has 0 saturated heterocycles. The third kappa shape index (κ3) is 3.77. The Balaban J connectivity index is 2.52. The summed E-state index contributed by atoms with van der Waals surface area (Å²) in [5.41, 5.74) is 0. The molecule has 0 bridgehead atoms. The zero-order valence-electron chi connectivity index (χ0n) is 10.9. The van der Waals surface area contributed by atoms with Crippen LogP contribution in [0.25, 0.3) is 0 Å². The summed E-state index contributed by atoms with van der Waals surface area (Å²) in [6.07, 6.45) is 3.52. The molecule has 2 nitrogen and oxygen atoms in total. The van der Waals surface area contributed by atoms with E-state index in [1.54, 1.807) is 6.92 Å². The molecule has 1 N–H and O–H groups in total. The fraction of sp³-hybridized carbons (Fsp3) is 0.923. The molecule has 94 valence electrons. The summed E-state index contributed by atoms with van der Waals surface area (Å²) >= 11 is 4.70. The van der Waals surface area contributed by atoms with Gasteiger partial charge in [0, 0.05) is 17.2 Å². The van der Waals surface area contributed by atoms with Crippen LogP contribution in [0.15, 0.2) is 0 Å². The van der Waals surface area contributed by atoms with E-state index in [0.717, 1.165) is 6.42 Å². The molecule has 1 aliphatic rings. The number of hydrogen-bond donors (Lipinski definition) is 2. The minimum absolute atomic E-state index is 0.183. The second kappa shape index (κ2) is 6.06. The standard InChI is InChI=1S/C13H25NOS/c1-8(7-9(2)14-4)13(16)12(10(3)15)11-5-6-11/h8-9,11-14,16H,5-7H2,1-4H3. The van der Waals surface area contributed by atoms with Crippen molar-refractivity contribution in [2.24, 2.45) is 17.8 Å². The van der Waals surface area contributed by atoms with Crippen LogP contribution < -0.4 is 5.32 Å². The van der Waals surface area contributed by atoms with Gasteiger partial charge < -0.3 is 5.32 Å². The first kappa shape index (κ1) is 14.0. The van der Waals surface area contributed by atoms with Crippen molar-refractivity contribution in [2.45, 2.75) is 51.3 Å². The van der Waals surface area contributed by atoms with E-state index >= 15 is 0 Å². The largest absolute Gasteiger partial charge is 0.317 e. The van der Waals surface area contributed by atoms with E-state index in [0.29, 0.717) is 23.7 Å². The second-order valence-corrected chi connectivity index (χ2v) is 5.96. The molecule has 0 aromatic carbocycles. The molecule has 1 saturated carbocycles. The number of carbonyl (C=O) groups excluding carboxylic acids is 1. The average molecular weight is 243 g/mol. The predicted molar refractivity (Wildman–Crippen MR) is 72.0 cm³/mol. The maximum absolute atomic E-state index is 11.7. The van der Waals surface area contributed by atoms with Crippen LogP contribution in [0.1, 0.15) is 40.0 Å². The molecule has 0 radical (unpaired) electrons. The summed E-state index contributed by atoms with van der Waals surface area (Å²) in [4.78, 5) is 11.7. The minimum atomic E-state index is 0.183. The highest BCUT2D eigenvalue weighted by molar-refractivity contribution is 7.81. The van der Waals surface area contributed by atoms with E-state index in [1.807, 2.05) is 7.05 Å². The molecule has 3 heteroatoms. The Labute approximate surface area is 105 Å². The first-order valence-electron chi connectivity index (χ1n) is 6.33. The molecule has 1 aliphatic carbocycles. The average Bonchev–Trinajstić information content (AvgIpc) is 3.01. The highest BCUT2D eigenvalue weighted by Crippen LogP contribution is 2.42. The third-order valence-corrected chi connectivity index (χ3v) is 4.60. The van der Waals surface area contributed by atoms with Gasteiger partial charge in [-0.05, 0) is 52.0 Å². The van der Waals surface area contributed by atoms with Crippen molar-refractivity contribution >= 4 is 18.4 Å². The third-order valence-electron chi connectivity index (χ3n) is 3.77. The van der Waals surface area contributed by atoms with E-state index < -0.39 is 0 Å². The molecule has 1 rings (SSSR count). The first-order chi connectivity index (χ1) is 7.47. The lowest BCUT2D eigenvalue weighted by atomic mass is 9.85. The Morgan fingerprint density at radius 1 is 1.44 bits per heavy atom. The summed E-state index contributed by atoms with van der Waals surface area (Å²) in [5, 5.41) is 3.47. The van der Waals surface area contributed by atoms with Gasteiger partial charge in [0.05, 0.1) is 0 Å². The van der Waals surface area contributed by atoms with Crippen LogP contribution in [0, 0.1) is 17.8 Å². The normalized spacial score (nSPS) is 23.6.